The first-order valence-corrected chi connectivity index (χ1v) is 11.5. The zero-order valence-electron chi connectivity index (χ0n) is 17.5. The van der Waals surface area contributed by atoms with E-state index in [1.165, 1.54) is 38.6 Å². The Hall–Kier alpha value is -2.11. The highest BCUT2D eigenvalue weighted by Gasteiger charge is 2.45. The van der Waals surface area contributed by atoms with Crippen molar-refractivity contribution in [1.29, 1.82) is 5.26 Å². The molecular weight excluding hydrogens is 352 g/mol. The molecule has 2 saturated heterocycles. The second-order valence-electron chi connectivity index (χ2n) is 9.93. The maximum atomic E-state index is 10.6. The van der Waals surface area contributed by atoms with Crippen LogP contribution in [0.4, 0.5) is 0 Å². The van der Waals surface area contributed by atoms with Gasteiger partial charge in [0, 0.05) is 18.6 Å². The quantitative estimate of drug-likeness (QED) is 0.653. The molecule has 0 radical (unpaired) electrons. The number of fused-ring (bicyclic) bond motifs is 1. The molecule has 150 valence electrons. The molecule has 2 heterocycles. The van der Waals surface area contributed by atoms with Crippen LogP contribution in [0.5, 0.6) is 0 Å². The van der Waals surface area contributed by atoms with Crippen molar-refractivity contribution in [3.8, 4) is 6.07 Å². The lowest BCUT2D eigenvalue weighted by Gasteiger charge is -2.42. The Bertz CT molecular complexity index is 815. The summed E-state index contributed by atoms with van der Waals surface area (Å²) in [4.78, 5) is 2.81. The van der Waals surface area contributed by atoms with Crippen LogP contribution < -0.4 is 0 Å². The van der Waals surface area contributed by atoms with Crippen LogP contribution in [0.25, 0.3) is 0 Å². The van der Waals surface area contributed by atoms with Crippen molar-refractivity contribution in [2.75, 3.05) is 6.54 Å². The number of nitriles is 1. The molecule has 4 bridgehead atoms. The topological polar surface area (TPSA) is 27.0 Å². The van der Waals surface area contributed by atoms with E-state index in [0.29, 0.717) is 6.04 Å². The van der Waals surface area contributed by atoms with E-state index in [1.54, 1.807) is 0 Å². The van der Waals surface area contributed by atoms with Crippen LogP contribution in [-0.4, -0.2) is 23.5 Å². The van der Waals surface area contributed by atoms with Crippen LogP contribution in [-0.2, 0) is 5.41 Å². The zero-order valence-corrected chi connectivity index (χ0v) is 17.5. The van der Waals surface area contributed by atoms with Crippen LogP contribution in [0, 0.1) is 29.1 Å². The molecule has 0 spiro atoms. The summed E-state index contributed by atoms with van der Waals surface area (Å²) in [7, 11) is 0. The molecule has 0 aromatic heterocycles. The Kier molecular flexibility index (Phi) is 4.96. The molecule has 2 saturated carbocycles. The van der Waals surface area contributed by atoms with Crippen LogP contribution in [0.3, 0.4) is 0 Å². The van der Waals surface area contributed by atoms with Crippen LogP contribution in [0.2, 0.25) is 0 Å². The minimum atomic E-state index is -0.592. The molecule has 3 unspecified atom stereocenters. The van der Waals surface area contributed by atoms with Crippen LogP contribution in [0.1, 0.15) is 56.6 Å². The van der Waals surface area contributed by atoms with Gasteiger partial charge in [-0.3, -0.25) is 4.90 Å². The van der Waals surface area contributed by atoms with Gasteiger partial charge in [-0.05, 0) is 74.3 Å². The summed E-state index contributed by atoms with van der Waals surface area (Å²) in [6.07, 6.45) is 7.98. The fourth-order valence-electron chi connectivity index (χ4n) is 6.94. The van der Waals surface area contributed by atoms with E-state index in [2.05, 4.69) is 66.4 Å². The van der Waals surface area contributed by atoms with Gasteiger partial charge in [-0.1, -0.05) is 60.7 Å². The van der Waals surface area contributed by atoms with Crippen molar-refractivity contribution < 1.29 is 0 Å². The van der Waals surface area contributed by atoms with Gasteiger partial charge in [0.05, 0.1) is 6.07 Å². The first-order valence-electron chi connectivity index (χ1n) is 11.5. The van der Waals surface area contributed by atoms with Crippen molar-refractivity contribution in [3.63, 3.8) is 0 Å². The molecule has 2 nitrogen and oxygen atoms in total. The highest BCUT2D eigenvalue weighted by atomic mass is 15.2. The van der Waals surface area contributed by atoms with E-state index in [4.69, 9.17) is 0 Å². The van der Waals surface area contributed by atoms with Crippen molar-refractivity contribution in [2.24, 2.45) is 17.8 Å². The summed E-state index contributed by atoms with van der Waals surface area (Å²) in [6, 6.07) is 24.8. The van der Waals surface area contributed by atoms with Gasteiger partial charge in [-0.25, -0.2) is 0 Å². The maximum Gasteiger partial charge on any atom is 0.109 e. The average molecular weight is 385 g/mol. The Labute approximate surface area is 175 Å². The Morgan fingerprint density at radius 1 is 0.862 bits per heavy atom. The number of nitrogens with zero attached hydrogens (tertiary/aromatic N) is 2. The van der Waals surface area contributed by atoms with Gasteiger partial charge in [-0.2, -0.15) is 5.26 Å². The first-order chi connectivity index (χ1) is 14.2. The summed E-state index contributed by atoms with van der Waals surface area (Å²) in [5.74, 6) is 2.79. The molecule has 2 aromatic carbocycles. The molecule has 2 aromatic rings. The smallest absolute Gasteiger partial charge is 0.109 e. The largest absolute Gasteiger partial charge is 0.297 e. The molecule has 0 amide bonds. The molecule has 2 aliphatic heterocycles. The van der Waals surface area contributed by atoms with Crippen LogP contribution in [0.15, 0.2) is 60.7 Å². The fourth-order valence-corrected chi connectivity index (χ4v) is 6.94. The highest BCUT2D eigenvalue weighted by Crippen LogP contribution is 2.49. The second kappa shape index (κ2) is 7.62. The predicted molar refractivity (Wildman–Crippen MR) is 117 cm³/mol. The van der Waals surface area contributed by atoms with E-state index in [1.807, 2.05) is 12.1 Å². The molecule has 6 rings (SSSR count). The lowest BCUT2D eigenvalue weighted by atomic mass is 9.68. The van der Waals surface area contributed by atoms with Gasteiger partial charge in [0.25, 0.3) is 0 Å². The summed E-state index contributed by atoms with van der Waals surface area (Å²) in [6.45, 7) is 3.62. The van der Waals surface area contributed by atoms with Crippen molar-refractivity contribution in [3.05, 3.63) is 71.8 Å². The van der Waals surface area contributed by atoms with Crippen molar-refractivity contribution >= 4 is 0 Å². The fraction of sp³-hybridized carbons (Fsp3) is 0.519. The van der Waals surface area contributed by atoms with Gasteiger partial charge in [0.15, 0.2) is 0 Å². The van der Waals surface area contributed by atoms with Gasteiger partial charge in [-0.15, -0.1) is 0 Å². The summed E-state index contributed by atoms with van der Waals surface area (Å²) in [5, 5.41) is 10.6. The summed E-state index contributed by atoms with van der Waals surface area (Å²) in [5.41, 5.74) is 1.66. The Balaban J connectivity index is 1.49. The molecule has 2 aliphatic carbocycles. The lowest BCUT2D eigenvalue weighted by molar-refractivity contribution is 0.0936. The Morgan fingerprint density at radius 3 is 1.90 bits per heavy atom. The lowest BCUT2D eigenvalue weighted by Crippen LogP contribution is -2.46. The zero-order chi connectivity index (χ0) is 19.8. The van der Waals surface area contributed by atoms with E-state index < -0.39 is 5.41 Å². The average Bonchev–Trinajstić information content (AvgIpc) is 2.96. The monoisotopic (exact) mass is 384 g/mol. The van der Waals surface area contributed by atoms with Crippen molar-refractivity contribution in [2.45, 2.75) is 62.9 Å². The summed E-state index contributed by atoms with van der Waals surface area (Å²) < 4.78 is 0. The Morgan fingerprint density at radius 2 is 1.38 bits per heavy atom. The van der Waals surface area contributed by atoms with Gasteiger partial charge in [0.1, 0.15) is 5.41 Å². The third kappa shape index (κ3) is 3.40. The molecule has 3 atom stereocenters. The number of hydrogen-bond donors (Lipinski definition) is 0. The van der Waals surface area contributed by atoms with E-state index in [-0.39, 0.29) is 0 Å². The van der Waals surface area contributed by atoms with Gasteiger partial charge >= 0.3 is 0 Å². The molecule has 29 heavy (non-hydrogen) atoms. The minimum absolute atomic E-state index is 0.401. The van der Waals surface area contributed by atoms with E-state index in [9.17, 15) is 5.26 Å². The minimum Gasteiger partial charge on any atom is -0.297 e. The van der Waals surface area contributed by atoms with Gasteiger partial charge < -0.3 is 0 Å². The molecule has 4 aliphatic rings. The van der Waals surface area contributed by atoms with E-state index in [0.717, 1.165) is 41.3 Å². The molecule has 2 heteroatoms. The third-order valence-electron chi connectivity index (χ3n) is 8.04. The van der Waals surface area contributed by atoms with Gasteiger partial charge in [0.2, 0.25) is 0 Å². The second-order valence-corrected chi connectivity index (χ2v) is 9.93. The first kappa shape index (κ1) is 18.9. The molecule has 0 N–H and O–H groups in total. The SMILES string of the molecule is CC(CC(C#N)(c1ccccc1)c1ccccc1)N1CC2CC3CC(C2)CC1C3. The van der Waals surface area contributed by atoms with E-state index >= 15 is 0 Å². The highest BCUT2D eigenvalue weighted by molar-refractivity contribution is 5.46. The molecular formula is C27H32N2. The normalized spacial score (nSPS) is 29.9. The predicted octanol–water partition coefficient (Wildman–Crippen LogP) is 5.79. The van der Waals surface area contributed by atoms with Crippen molar-refractivity contribution in [1.82, 2.24) is 4.90 Å². The number of rotatable bonds is 5. The standard InChI is InChI=1S/C27H32N2/c1-20(29-18-23-13-21-12-22(14-23)16-26(29)15-21)17-27(19-28,24-8-4-2-5-9-24)25-10-6-3-7-11-25/h2-11,20-23,26H,12-18H2,1H3. The number of benzene rings is 2. The third-order valence-corrected chi connectivity index (χ3v) is 8.04. The maximum absolute atomic E-state index is 10.6. The molecule has 4 fully saturated rings. The summed E-state index contributed by atoms with van der Waals surface area (Å²) >= 11 is 0. The van der Waals surface area contributed by atoms with Crippen LogP contribution >= 0.6 is 0 Å². The number of hydrogen-bond acceptors (Lipinski definition) is 2.